The van der Waals surface area contributed by atoms with Gasteiger partial charge in [-0.25, -0.2) is 0 Å². The predicted octanol–water partition coefficient (Wildman–Crippen LogP) is 0.966. The Morgan fingerprint density at radius 1 is 1.35 bits per heavy atom. The second-order valence-electron chi connectivity index (χ2n) is 5.26. The van der Waals surface area contributed by atoms with Crippen molar-refractivity contribution in [3.63, 3.8) is 0 Å². The number of nitrogens with zero attached hydrogens (tertiary/aromatic N) is 2. The van der Waals surface area contributed by atoms with Crippen molar-refractivity contribution in [2.75, 3.05) is 39.8 Å². The van der Waals surface area contributed by atoms with Gasteiger partial charge in [0.15, 0.2) is 0 Å². The lowest BCUT2D eigenvalue weighted by Crippen LogP contribution is -2.47. The fourth-order valence-electron chi connectivity index (χ4n) is 3.13. The third kappa shape index (κ3) is 3.19. The molecule has 0 aromatic rings. The molecule has 0 radical (unpaired) electrons. The van der Waals surface area contributed by atoms with Crippen LogP contribution >= 0.6 is 0 Å². The molecule has 2 aliphatic heterocycles. The number of likely N-dealkylation sites (tertiary alicyclic amines) is 2. The topological polar surface area (TPSA) is 32.8 Å². The van der Waals surface area contributed by atoms with E-state index in [4.69, 9.17) is 4.74 Å². The summed E-state index contributed by atoms with van der Waals surface area (Å²) >= 11 is 0. The van der Waals surface area contributed by atoms with Crippen LogP contribution in [-0.4, -0.2) is 61.6 Å². The number of rotatable bonds is 4. The fraction of sp³-hybridized carbons (Fsp3) is 0.923. The van der Waals surface area contributed by atoms with E-state index in [1.807, 2.05) is 6.92 Å². The first-order chi connectivity index (χ1) is 8.20. The number of hydrogen-bond acceptors (Lipinski definition) is 4. The molecule has 0 saturated carbocycles. The molecule has 0 spiro atoms. The molecule has 2 aliphatic rings. The van der Waals surface area contributed by atoms with E-state index in [0.717, 1.165) is 25.6 Å². The zero-order valence-electron chi connectivity index (χ0n) is 11.0. The largest absolute Gasteiger partial charge is 0.466 e. The average molecular weight is 240 g/mol. The van der Waals surface area contributed by atoms with Gasteiger partial charge in [0.1, 0.15) is 0 Å². The highest BCUT2D eigenvalue weighted by Crippen LogP contribution is 2.31. The van der Waals surface area contributed by atoms with Crippen LogP contribution in [0.2, 0.25) is 0 Å². The lowest BCUT2D eigenvalue weighted by atomic mass is 9.92. The molecule has 2 fully saturated rings. The van der Waals surface area contributed by atoms with Gasteiger partial charge in [0, 0.05) is 19.1 Å². The molecule has 2 saturated heterocycles. The SMILES string of the molecule is CCOC(=O)CCN1CC[C@H]2CCN(C)C[C@@H]21. The molecular weight excluding hydrogens is 216 g/mol. The Hall–Kier alpha value is -0.610. The molecule has 2 rings (SSSR count). The molecule has 0 aromatic carbocycles. The summed E-state index contributed by atoms with van der Waals surface area (Å²) in [5.41, 5.74) is 0. The quantitative estimate of drug-likeness (QED) is 0.685. The van der Waals surface area contributed by atoms with Crippen LogP contribution < -0.4 is 0 Å². The van der Waals surface area contributed by atoms with Gasteiger partial charge in [0.2, 0.25) is 0 Å². The van der Waals surface area contributed by atoms with E-state index >= 15 is 0 Å². The molecule has 98 valence electrons. The number of hydrogen-bond donors (Lipinski definition) is 0. The zero-order chi connectivity index (χ0) is 12.3. The van der Waals surface area contributed by atoms with Gasteiger partial charge in [0.05, 0.1) is 13.0 Å². The van der Waals surface area contributed by atoms with E-state index in [2.05, 4.69) is 16.8 Å². The average Bonchev–Trinajstić information content (AvgIpc) is 2.69. The molecule has 4 heteroatoms. The number of esters is 1. The van der Waals surface area contributed by atoms with Crippen LogP contribution in [0.4, 0.5) is 0 Å². The molecule has 0 aromatic heterocycles. The summed E-state index contributed by atoms with van der Waals surface area (Å²) in [5, 5.41) is 0. The van der Waals surface area contributed by atoms with Crippen LogP contribution in [0.3, 0.4) is 0 Å². The van der Waals surface area contributed by atoms with Crippen LogP contribution in [0, 0.1) is 5.92 Å². The van der Waals surface area contributed by atoms with Crippen molar-refractivity contribution in [3.05, 3.63) is 0 Å². The molecule has 2 atom stereocenters. The van der Waals surface area contributed by atoms with Crippen molar-refractivity contribution >= 4 is 5.97 Å². The summed E-state index contributed by atoms with van der Waals surface area (Å²) in [7, 11) is 2.19. The van der Waals surface area contributed by atoms with Crippen molar-refractivity contribution in [2.45, 2.75) is 32.2 Å². The summed E-state index contributed by atoms with van der Waals surface area (Å²) in [6, 6.07) is 0.670. The lowest BCUT2D eigenvalue weighted by molar-refractivity contribution is -0.143. The zero-order valence-corrected chi connectivity index (χ0v) is 11.0. The number of fused-ring (bicyclic) bond motifs is 1. The molecule has 0 bridgehead atoms. The Bertz CT molecular complexity index is 270. The highest BCUT2D eigenvalue weighted by molar-refractivity contribution is 5.69. The van der Waals surface area contributed by atoms with Crippen molar-refractivity contribution in [3.8, 4) is 0 Å². The summed E-state index contributed by atoms with van der Waals surface area (Å²) < 4.78 is 4.98. The minimum atomic E-state index is -0.0554. The van der Waals surface area contributed by atoms with Gasteiger partial charge >= 0.3 is 5.97 Å². The Morgan fingerprint density at radius 3 is 2.88 bits per heavy atom. The van der Waals surface area contributed by atoms with Gasteiger partial charge in [-0.3, -0.25) is 9.69 Å². The molecule has 4 nitrogen and oxygen atoms in total. The van der Waals surface area contributed by atoms with Crippen LogP contribution in [0.1, 0.15) is 26.2 Å². The maximum absolute atomic E-state index is 11.4. The molecule has 0 amide bonds. The summed E-state index contributed by atoms with van der Waals surface area (Å²) in [6.07, 6.45) is 3.17. The van der Waals surface area contributed by atoms with E-state index in [1.54, 1.807) is 0 Å². The van der Waals surface area contributed by atoms with Crippen LogP contribution in [0.5, 0.6) is 0 Å². The van der Waals surface area contributed by atoms with Gasteiger partial charge in [0.25, 0.3) is 0 Å². The molecular formula is C13H24N2O2. The Balaban J connectivity index is 1.79. The third-order valence-corrected chi connectivity index (χ3v) is 4.09. The first kappa shape index (κ1) is 12.8. The van der Waals surface area contributed by atoms with Crippen molar-refractivity contribution in [1.82, 2.24) is 9.80 Å². The van der Waals surface area contributed by atoms with E-state index in [1.165, 1.54) is 19.4 Å². The highest BCUT2D eigenvalue weighted by Gasteiger charge is 2.37. The Morgan fingerprint density at radius 2 is 2.12 bits per heavy atom. The number of piperidine rings is 1. The molecule has 0 unspecified atom stereocenters. The van der Waals surface area contributed by atoms with Gasteiger partial charge < -0.3 is 9.64 Å². The smallest absolute Gasteiger partial charge is 0.307 e. The normalized spacial score (nSPS) is 30.2. The van der Waals surface area contributed by atoms with Crippen molar-refractivity contribution < 1.29 is 9.53 Å². The lowest BCUT2D eigenvalue weighted by Gasteiger charge is -2.36. The maximum Gasteiger partial charge on any atom is 0.307 e. The van der Waals surface area contributed by atoms with Crippen molar-refractivity contribution in [2.24, 2.45) is 5.92 Å². The van der Waals surface area contributed by atoms with E-state index < -0.39 is 0 Å². The number of carbonyl (C=O) groups excluding carboxylic acids is 1. The Kier molecular flexibility index (Phi) is 4.40. The first-order valence-electron chi connectivity index (χ1n) is 6.79. The summed E-state index contributed by atoms with van der Waals surface area (Å²) in [5.74, 6) is 0.800. The second-order valence-corrected chi connectivity index (χ2v) is 5.26. The van der Waals surface area contributed by atoms with Gasteiger partial charge in [-0.15, -0.1) is 0 Å². The molecule has 0 aliphatic carbocycles. The first-order valence-corrected chi connectivity index (χ1v) is 6.79. The predicted molar refractivity (Wildman–Crippen MR) is 66.8 cm³/mol. The number of carbonyl (C=O) groups is 1. The van der Waals surface area contributed by atoms with Crippen LogP contribution in [-0.2, 0) is 9.53 Å². The molecule has 2 heterocycles. The molecule has 0 N–H and O–H groups in total. The van der Waals surface area contributed by atoms with E-state index in [0.29, 0.717) is 19.1 Å². The summed E-state index contributed by atoms with van der Waals surface area (Å²) in [6.45, 7) is 6.77. The number of ether oxygens (including phenoxy) is 1. The van der Waals surface area contributed by atoms with Gasteiger partial charge in [-0.05, 0) is 45.8 Å². The molecule has 17 heavy (non-hydrogen) atoms. The van der Waals surface area contributed by atoms with Gasteiger partial charge in [-0.2, -0.15) is 0 Å². The van der Waals surface area contributed by atoms with Crippen LogP contribution in [0.15, 0.2) is 0 Å². The maximum atomic E-state index is 11.4. The minimum absolute atomic E-state index is 0.0554. The van der Waals surface area contributed by atoms with E-state index in [-0.39, 0.29) is 5.97 Å². The second kappa shape index (κ2) is 5.83. The fourth-order valence-corrected chi connectivity index (χ4v) is 3.13. The third-order valence-electron chi connectivity index (χ3n) is 4.09. The monoisotopic (exact) mass is 240 g/mol. The van der Waals surface area contributed by atoms with Gasteiger partial charge in [-0.1, -0.05) is 0 Å². The van der Waals surface area contributed by atoms with E-state index in [9.17, 15) is 4.79 Å². The standard InChI is InChI=1S/C13H24N2O2/c1-3-17-13(16)6-9-15-8-5-11-4-7-14(2)10-12(11)15/h11-12H,3-10H2,1-2H3/t11-,12+/m1/s1. The highest BCUT2D eigenvalue weighted by atomic mass is 16.5. The summed E-state index contributed by atoms with van der Waals surface area (Å²) in [4.78, 5) is 16.3. The Labute approximate surface area is 104 Å². The number of likely N-dealkylation sites (N-methyl/N-ethyl adjacent to an activating group) is 1. The van der Waals surface area contributed by atoms with Crippen LogP contribution in [0.25, 0.3) is 0 Å². The van der Waals surface area contributed by atoms with Crippen molar-refractivity contribution in [1.29, 1.82) is 0 Å². The minimum Gasteiger partial charge on any atom is -0.466 e.